The number of ether oxygens (including phenoxy) is 1. The fourth-order valence-electron chi connectivity index (χ4n) is 0.457. The second kappa shape index (κ2) is 6.34. The summed E-state index contributed by atoms with van der Waals surface area (Å²) in [6.45, 7) is 4.08. The Kier molecular flexibility index (Phi) is 6.73. The third-order valence-corrected chi connectivity index (χ3v) is 2.00. The van der Waals surface area contributed by atoms with Crippen LogP contribution in [0.1, 0.15) is 13.8 Å². The van der Waals surface area contributed by atoms with E-state index in [1.54, 1.807) is 6.92 Å². The molecule has 0 saturated carbocycles. The smallest absolute Gasteiger partial charge is 0.0745 e. The van der Waals surface area contributed by atoms with Crippen LogP contribution in [0.3, 0.4) is 0 Å². The highest BCUT2D eigenvalue weighted by molar-refractivity contribution is 8.68. The van der Waals surface area contributed by atoms with Gasteiger partial charge < -0.3 is 9.84 Å². The first-order valence-electron chi connectivity index (χ1n) is 3.23. The molecule has 2 nitrogen and oxygen atoms in total. The fraction of sp³-hybridized carbons (Fsp3) is 1.00. The Hall–Kier alpha value is 0.620. The van der Waals surface area contributed by atoms with Gasteiger partial charge in [-0.25, -0.2) is 0 Å². The summed E-state index contributed by atoms with van der Waals surface area (Å²) in [7, 11) is 1.45. The van der Waals surface area contributed by atoms with E-state index >= 15 is 0 Å². The van der Waals surface area contributed by atoms with Crippen LogP contribution in [0.5, 0.6) is 0 Å². The van der Waals surface area contributed by atoms with E-state index in [2.05, 4.69) is 11.7 Å². The van der Waals surface area contributed by atoms with Gasteiger partial charge in [0.25, 0.3) is 0 Å². The van der Waals surface area contributed by atoms with Gasteiger partial charge in [-0.15, -0.1) is 11.7 Å². The lowest BCUT2D eigenvalue weighted by Crippen LogP contribution is -2.18. The molecule has 0 heterocycles. The summed E-state index contributed by atoms with van der Waals surface area (Å²) in [6.07, 6.45) is -0.190. The summed E-state index contributed by atoms with van der Waals surface area (Å²) < 4.78 is 5.22. The highest BCUT2D eigenvalue weighted by Gasteiger charge is 2.02. The lowest BCUT2D eigenvalue weighted by molar-refractivity contribution is 0.0154. The normalized spacial score (nSPS) is 16.8. The Balaban J connectivity index is 3.12. The molecule has 0 radical (unpaired) electrons. The van der Waals surface area contributed by atoms with Crippen LogP contribution in [0.15, 0.2) is 0 Å². The molecule has 0 saturated heterocycles. The number of hydrogen-bond acceptors (Lipinski definition) is 4. The third-order valence-electron chi connectivity index (χ3n) is 0.931. The predicted octanol–water partition coefficient (Wildman–Crippen LogP) is 1.35. The molecule has 1 N–H and O–H groups in total. The van der Waals surface area contributed by atoms with Crippen LogP contribution < -0.4 is 0 Å². The summed E-state index contributed by atoms with van der Waals surface area (Å²) in [5.41, 5.74) is 0. The number of thiol groups is 1. The Morgan fingerprint density at radius 3 is 2.60 bits per heavy atom. The maximum Gasteiger partial charge on any atom is 0.0745 e. The van der Waals surface area contributed by atoms with Crippen molar-refractivity contribution in [1.29, 1.82) is 0 Å². The van der Waals surface area contributed by atoms with Gasteiger partial charge >= 0.3 is 0 Å². The molecule has 0 fully saturated rings. The molecule has 0 aromatic rings. The highest BCUT2D eigenvalue weighted by Crippen LogP contribution is 2.08. The lowest BCUT2D eigenvalue weighted by Gasteiger charge is -2.11. The van der Waals surface area contributed by atoms with Gasteiger partial charge in [-0.3, -0.25) is 0 Å². The van der Waals surface area contributed by atoms with Gasteiger partial charge in [0, 0.05) is 5.75 Å². The predicted molar refractivity (Wildman–Crippen MR) is 48.5 cm³/mol. The SMILES string of the molecule is CC(O)COC(C)CSS. The van der Waals surface area contributed by atoms with Gasteiger partial charge in [-0.1, -0.05) is 10.8 Å². The van der Waals surface area contributed by atoms with Crippen LogP contribution in [-0.4, -0.2) is 29.7 Å². The Labute approximate surface area is 71.1 Å². The molecule has 2 unspecified atom stereocenters. The van der Waals surface area contributed by atoms with Crippen LogP contribution in [-0.2, 0) is 4.74 Å². The molecule has 62 valence electrons. The fourth-order valence-corrected chi connectivity index (χ4v) is 1.39. The summed E-state index contributed by atoms with van der Waals surface area (Å²) >= 11 is 3.98. The Morgan fingerprint density at radius 2 is 2.20 bits per heavy atom. The largest absolute Gasteiger partial charge is 0.391 e. The van der Waals surface area contributed by atoms with Crippen LogP contribution in [0.4, 0.5) is 0 Å². The van der Waals surface area contributed by atoms with Gasteiger partial charge in [-0.05, 0) is 13.8 Å². The van der Waals surface area contributed by atoms with E-state index in [9.17, 15) is 0 Å². The van der Waals surface area contributed by atoms with Crippen molar-refractivity contribution in [2.24, 2.45) is 0 Å². The van der Waals surface area contributed by atoms with E-state index in [-0.39, 0.29) is 12.2 Å². The van der Waals surface area contributed by atoms with Crippen LogP contribution in [0.2, 0.25) is 0 Å². The van der Waals surface area contributed by atoms with Gasteiger partial charge in [0.1, 0.15) is 0 Å². The molecule has 0 aliphatic heterocycles. The van der Waals surface area contributed by atoms with E-state index in [1.165, 1.54) is 10.8 Å². The maximum absolute atomic E-state index is 8.82. The zero-order valence-electron chi connectivity index (χ0n) is 6.28. The Morgan fingerprint density at radius 1 is 1.60 bits per heavy atom. The third kappa shape index (κ3) is 6.74. The number of aliphatic hydroxyl groups is 1. The summed E-state index contributed by atoms with van der Waals surface area (Å²) in [5, 5.41) is 8.82. The van der Waals surface area contributed by atoms with Crippen molar-refractivity contribution in [3.05, 3.63) is 0 Å². The van der Waals surface area contributed by atoms with Crippen molar-refractivity contribution >= 4 is 22.5 Å². The van der Waals surface area contributed by atoms with E-state index in [0.717, 1.165) is 5.75 Å². The first kappa shape index (κ1) is 10.6. The zero-order valence-corrected chi connectivity index (χ0v) is 7.99. The molecular formula is C6H14O2S2. The van der Waals surface area contributed by atoms with E-state index in [0.29, 0.717) is 6.61 Å². The van der Waals surface area contributed by atoms with Crippen molar-refractivity contribution in [3.63, 3.8) is 0 Å². The monoisotopic (exact) mass is 182 g/mol. The molecule has 0 spiro atoms. The van der Waals surface area contributed by atoms with Crippen LogP contribution in [0, 0.1) is 0 Å². The van der Waals surface area contributed by atoms with Crippen LogP contribution in [0.25, 0.3) is 0 Å². The minimum Gasteiger partial charge on any atom is -0.391 e. The van der Waals surface area contributed by atoms with Gasteiger partial charge in [0.2, 0.25) is 0 Å². The van der Waals surface area contributed by atoms with E-state index in [4.69, 9.17) is 9.84 Å². The molecule has 4 heteroatoms. The molecule has 2 atom stereocenters. The minimum atomic E-state index is -0.368. The summed E-state index contributed by atoms with van der Waals surface area (Å²) in [4.78, 5) is 0. The van der Waals surface area contributed by atoms with E-state index < -0.39 is 0 Å². The summed E-state index contributed by atoms with van der Waals surface area (Å²) in [6, 6.07) is 0. The molecule has 0 bridgehead atoms. The average molecular weight is 182 g/mol. The second-order valence-electron chi connectivity index (χ2n) is 2.29. The molecule has 0 amide bonds. The first-order chi connectivity index (χ1) is 4.66. The van der Waals surface area contributed by atoms with Crippen molar-refractivity contribution in [2.45, 2.75) is 26.1 Å². The van der Waals surface area contributed by atoms with Gasteiger partial charge in [0.15, 0.2) is 0 Å². The van der Waals surface area contributed by atoms with Gasteiger partial charge in [0.05, 0.1) is 18.8 Å². The molecular weight excluding hydrogens is 168 g/mol. The minimum absolute atomic E-state index is 0.178. The van der Waals surface area contributed by atoms with E-state index in [1.807, 2.05) is 6.92 Å². The molecule has 0 rings (SSSR count). The first-order valence-corrected chi connectivity index (χ1v) is 5.26. The zero-order chi connectivity index (χ0) is 7.98. The molecule has 0 aliphatic carbocycles. The van der Waals surface area contributed by atoms with Gasteiger partial charge in [-0.2, -0.15) is 0 Å². The molecule has 0 aromatic carbocycles. The molecule has 0 aliphatic rings. The van der Waals surface area contributed by atoms with Crippen molar-refractivity contribution in [1.82, 2.24) is 0 Å². The number of rotatable bonds is 5. The standard InChI is InChI=1S/C6H14O2S2/c1-5(7)3-8-6(2)4-10-9/h5-7,9H,3-4H2,1-2H3. The summed E-state index contributed by atoms with van der Waals surface area (Å²) in [5.74, 6) is 0.857. The van der Waals surface area contributed by atoms with Crippen molar-refractivity contribution in [3.8, 4) is 0 Å². The van der Waals surface area contributed by atoms with Crippen molar-refractivity contribution < 1.29 is 9.84 Å². The topological polar surface area (TPSA) is 29.5 Å². The molecule has 10 heavy (non-hydrogen) atoms. The average Bonchev–Trinajstić information content (AvgIpc) is 1.85. The number of aliphatic hydroxyl groups excluding tert-OH is 1. The lowest BCUT2D eigenvalue weighted by atomic mass is 10.4. The highest BCUT2D eigenvalue weighted by atomic mass is 33.1. The quantitative estimate of drug-likeness (QED) is 0.497. The molecule has 0 aromatic heterocycles. The van der Waals surface area contributed by atoms with Crippen molar-refractivity contribution in [2.75, 3.05) is 12.4 Å². The Bertz CT molecular complexity index is 78.1. The maximum atomic E-state index is 8.82. The van der Waals surface area contributed by atoms with Crippen LogP contribution >= 0.6 is 22.5 Å². The number of hydrogen-bond donors (Lipinski definition) is 2. The second-order valence-corrected chi connectivity index (χ2v) is 3.65.